The second-order valence-corrected chi connectivity index (χ2v) is 13.0. The predicted octanol–water partition coefficient (Wildman–Crippen LogP) is 12.2. The molecule has 0 fully saturated rings. The van der Waals surface area contributed by atoms with Crippen LogP contribution in [0.25, 0.3) is 0 Å². The molecule has 0 aromatic rings. The zero-order valence-corrected chi connectivity index (χ0v) is 30.8. The summed E-state index contributed by atoms with van der Waals surface area (Å²) < 4.78 is 10.6. The molecule has 1 N–H and O–H groups in total. The second-order valence-electron chi connectivity index (χ2n) is 13.0. The molecule has 0 amide bonds. The lowest BCUT2D eigenvalue weighted by Crippen LogP contribution is -2.28. The van der Waals surface area contributed by atoms with Crippen LogP contribution in [0.4, 0.5) is 0 Å². The van der Waals surface area contributed by atoms with Crippen molar-refractivity contribution in [1.29, 1.82) is 0 Å². The van der Waals surface area contributed by atoms with Gasteiger partial charge in [0, 0.05) is 12.8 Å². The van der Waals surface area contributed by atoms with Crippen LogP contribution in [0.5, 0.6) is 0 Å². The van der Waals surface area contributed by atoms with E-state index >= 15 is 0 Å². The van der Waals surface area contributed by atoms with Crippen LogP contribution >= 0.6 is 0 Å². The van der Waals surface area contributed by atoms with Gasteiger partial charge in [0.25, 0.3) is 0 Å². The van der Waals surface area contributed by atoms with Gasteiger partial charge in [0.1, 0.15) is 6.61 Å². The summed E-state index contributed by atoms with van der Waals surface area (Å²) in [4.78, 5) is 24.2. The van der Waals surface area contributed by atoms with E-state index in [0.29, 0.717) is 12.8 Å². The van der Waals surface area contributed by atoms with Gasteiger partial charge in [0.15, 0.2) is 6.10 Å². The van der Waals surface area contributed by atoms with Crippen LogP contribution in [-0.2, 0) is 19.1 Å². The van der Waals surface area contributed by atoms with Crippen LogP contribution in [0, 0.1) is 0 Å². The lowest BCUT2D eigenvalue weighted by Gasteiger charge is -2.15. The predicted molar refractivity (Wildman–Crippen MR) is 200 cm³/mol. The first kappa shape index (κ1) is 44.9. The highest BCUT2D eigenvalue weighted by atomic mass is 16.6. The topological polar surface area (TPSA) is 72.8 Å². The number of carbonyl (C=O) groups is 2. The van der Waals surface area contributed by atoms with Crippen LogP contribution in [0.3, 0.4) is 0 Å². The number of allylic oxidation sites excluding steroid dienone is 8. The Balaban J connectivity index is 3.58. The van der Waals surface area contributed by atoms with Crippen LogP contribution < -0.4 is 0 Å². The molecule has 1 unspecified atom stereocenters. The number of hydrogen-bond acceptors (Lipinski definition) is 5. The summed E-state index contributed by atoms with van der Waals surface area (Å²) in [7, 11) is 0. The molecule has 0 aliphatic carbocycles. The van der Waals surface area contributed by atoms with Crippen molar-refractivity contribution < 1.29 is 24.2 Å². The van der Waals surface area contributed by atoms with Crippen LogP contribution in [0.1, 0.15) is 187 Å². The number of unbranched alkanes of at least 4 members (excludes halogenated alkanes) is 19. The highest BCUT2D eigenvalue weighted by Gasteiger charge is 2.16. The largest absolute Gasteiger partial charge is 0.462 e. The minimum absolute atomic E-state index is 0.0756. The van der Waals surface area contributed by atoms with E-state index in [2.05, 4.69) is 62.5 Å². The number of aliphatic hydroxyl groups is 1. The minimum Gasteiger partial charge on any atom is -0.462 e. The molecule has 1 atom stereocenters. The summed E-state index contributed by atoms with van der Waals surface area (Å²) in [6.07, 6.45) is 47.4. The van der Waals surface area contributed by atoms with E-state index in [4.69, 9.17) is 9.47 Å². The average Bonchev–Trinajstić information content (AvgIpc) is 3.07. The normalized spacial score (nSPS) is 12.7. The van der Waals surface area contributed by atoms with E-state index in [1.54, 1.807) is 0 Å². The van der Waals surface area contributed by atoms with E-state index < -0.39 is 6.10 Å². The molecule has 47 heavy (non-hydrogen) atoms. The molecule has 0 aromatic heterocycles. The quantitative estimate of drug-likeness (QED) is 0.0417. The van der Waals surface area contributed by atoms with Gasteiger partial charge >= 0.3 is 11.9 Å². The number of aliphatic hydroxyl groups excluding tert-OH is 1. The minimum atomic E-state index is -0.781. The van der Waals surface area contributed by atoms with Gasteiger partial charge in [-0.25, -0.2) is 0 Å². The highest BCUT2D eigenvalue weighted by Crippen LogP contribution is 2.13. The summed E-state index contributed by atoms with van der Waals surface area (Å²) in [5, 5.41) is 9.55. The fourth-order valence-electron chi connectivity index (χ4n) is 5.39. The Kier molecular flexibility index (Phi) is 36.6. The van der Waals surface area contributed by atoms with Crippen molar-refractivity contribution in [3.63, 3.8) is 0 Å². The molecule has 0 rings (SSSR count). The number of ether oxygens (including phenoxy) is 2. The maximum atomic E-state index is 12.1. The Hall–Kier alpha value is -2.14. The van der Waals surface area contributed by atoms with Crippen molar-refractivity contribution in [2.45, 2.75) is 193 Å². The van der Waals surface area contributed by atoms with Crippen LogP contribution in [0.2, 0.25) is 0 Å². The zero-order valence-electron chi connectivity index (χ0n) is 30.8. The van der Waals surface area contributed by atoms with Gasteiger partial charge in [-0.15, -0.1) is 0 Å². The molecule has 0 bridgehead atoms. The molecule has 0 aromatic carbocycles. The van der Waals surface area contributed by atoms with Gasteiger partial charge in [-0.3, -0.25) is 9.59 Å². The molecule has 0 saturated heterocycles. The first-order valence-electron chi connectivity index (χ1n) is 19.7. The standard InChI is InChI=1S/C42H74O5/c1-3-5-7-9-11-13-15-17-19-20-21-23-24-26-28-30-32-34-36-41(44)46-39-40(38-43)47-42(45)37-35-33-31-29-27-25-22-18-16-14-12-10-8-6-4-2/h6,8,12,14,18-20,22,40,43H,3-5,7,9-11,13,15-17,21,23-39H2,1-2H3/b8-6-,14-12-,20-19-,22-18-. The van der Waals surface area contributed by atoms with Gasteiger partial charge in [-0.1, -0.05) is 152 Å². The fraction of sp³-hybridized carbons (Fsp3) is 0.762. The highest BCUT2D eigenvalue weighted by molar-refractivity contribution is 5.70. The average molecular weight is 659 g/mol. The van der Waals surface area contributed by atoms with E-state index in [1.807, 2.05) is 0 Å². The van der Waals surface area contributed by atoms with Crippen LogP contribution in [0.15, 0.2) is 48.6 Å². The van der Waals surface area contributed by atoms with Gasteiger partial charge in [-0.05, 0) is 70.6 Å². The SMILES string of the molecule is CC/C=C\C/C=C\C/C=C\CCCCCCCC(=O)OC(CO)COC(=O)CCCCCCCCC/C=C\CCCCCCCCC. The summed E-state index contributed by atoms with van der Waals surface area (Å²) >= 11 is 0. The molecule has 0 heterocycles. The maximum Gasteiger partial charge on any atom is 0.306 e. The maximum absolute atomic E-state index is 12.1. The van der Waals surface area contributed by atoms with Gasteiger partial charge in [0.2, 0.25) is 0 Å². The first-order chi connectivity index (χ1) is 23.1. The summed E-state index contributed by atoms with van der Waals surface area (Å²) in [6, 6.07) is 0. The third-order valence-corrected chi connectivity index (χ3v) is 8.36. The third-order valence-electron chi connectivity index (χ3n) is 8.36. The lowest BCUT2D eigenvalue weighted by molar-refractivity contribution is -0.161. The van der Waals surface area contributed by atoms with Crippen LogP contribution in [-0.4, -0.2) is 36.4 Å². The Labute approximate surface area is 290 Å². The number of rotatable bonds is 35. The Bertz CT molecular complexity index is 797. The number of esters is 2. The second kappa shape index (κ2) is 38.3. The fourth-order valence-corrected chi connectivity index (χ4v) is 5.39. The third kappa shape index (κ3) is 36.5. The Morgan fingerprint density at radius 2 is 0.915 bits per heavy atom. The molecule has 5 nitrogen and oxygen atoms in total. The van der Waals surface area contributed by atoms with E-state index in [1.165, 1.54) is 89.9 Å². The van der Waals surface area contributed by atoms with Gasteiger partial charge in [0.05, 0.1) is 6.61 Å². The van der Waals surface area contributed by atoms with Crippen molar-refractivity contribution in [3.05, 3.63) is 48.6 Å². The van der Waals surface area contributed by atoms with Crippen molar-refractivity contribution in [2.75, 3.05) is 13.2 Å². The molecular weight excluding hydrogens is 584 g/mol. The summed E-state index contributed by atoms with van der Waals surface area (Å²) in [5.74, 6) is -0.616. The first-order valence-corrected chi connectivity index (χ1v) is 19.7. The molecule has 272 valence electrons. The van der Waals surface area contributed by atoms with Crippen molar-refractivity contribution in [1.82, 2.24) is 0 Å². The molecule has 0 radical (unpaired) electrons. The van der Waals surface area contributed by atoms with Crippen molar-refractivity contribution >= 4 is 11.9 Å². The summed E-state index contributed by atoms with van der Waals surface area (Å²) in [5.41, 5.74) is 0. The lowest BCUT2D eigenvalue weighted by atomic mass is 10.1. The molecule has 0 saturated carbocycles. The Morgan fingerprint density at radius 3 is 1.40 bits per heavy atom. The summed E-state index contributed by atoms with van der Waals surface area (Å²) in [6.45, 7) is 4.00. The molecule has 0 aliphatic rings. The number of hydrogen-bond donors (Lipinski definition) is 1. The smallest absolute Gasteiger partial charge is 0.306 e. The molecule has 0 aliphatic heterocycles. The molecular formula is C42H74O5. The zero-order chi connectivity index (χ0) is 34.3. The van der Waals surface area contributed by atoms with Gasteiger partial charge < -0.3 is 14.6 Å². The van der Waals surface area contributed by atoms with Gasteiger partial charge in [-0.2, -0.15) is 0 Å². The Morgan fingerprint density at radius 1 is 0.511 bits per heavy atom. The van der Waals surface area contributed by atoms with E-state index in [-0.39, 0.29) is 25.2 Å². The monoisotopic (exact) mass is 659 g/mol. The number of carbonyl (C=O) groups excluding carboxylic acids is 2. The van der Waals surface area contributed by atoms with Crippen molar-refractivity contribution in [3.8, 4) is 0 Å². The molecule has 5 heteroatoms. The van der Waals surface area contributed by atoms with E-state index in [0.717, 1.165) is 70.6 Å². The molecule has 0 spiro atoms. The van der Waals surface area contributed by atoms with Crippen molar-refractivity contribution in [2.24, 2.45) is 0 Å². The van der Waals surface area contributed by atoms with E-state index in [9.17, 15) is 14.7 Å².